The molecule has 2 saturated carbocycles. The van der Waals surface area contributed by atoms with Crippen LogP contribution in [0.15, 0.2) is 48.7 Å². The highest BCUT2D eigenvalue weighted by molar-refractivity contribution is 6.02. The van der Waals surface area contributed by atoms with Gasteiger partial charge >= 0.3 is 6.01 Å². The lowest BCUT2D eigenvalue weighted by atomic mass is 9.67. The smallest absolute Gasteiger partial charge is 0.319 e. The van der Waals surface area contributed by atoms with Gasteiger partial charge in [0.05, 0.1) is 30.1 Å². The number of hydrogen-bond donors (Lipinski definition) is 3. The molecule has 2 aromatic heterocycles. The zero-order valence-electron chi connectivity index (χ0n) is 41.2. The number of piperidine rings is 3. The number of pyridine rings is 1. The Kier molecular flexibility index (Phi) is 12.5. The van der Waals surface area contributed by atoms with Crippen molar-refractivity contribution in [2.24, 2.45) is 10.8 Å². The van der Waals surface area contributed by atoms with Crippen molar-refractivity contribution < 1.29 is 37.3 Å². The summed E-state index contributed by atoms with van der Waals surface area (Å²) in [4.78, 5) is 45.4. The number of anilines is 2. The van der Waals surface area contributed by atoms with Gasteiger partial charge < -0.3 is 34.6 Å². The number of imide groups is 1. The molecule has 1 spiro atoms. The summed E-state index contributed by atoms with van der Waals surface area (Å²) in [6.45, 7) is 8.31. The molecule has 5 aliphatic heterocycles. The third-order valence-corrected chi connectivity index (χ3v) is 17.6. The van der Waals surface area contributed by atoms with Gasteiger partial charge in [-0.3, -0.25) is 19.9 Å². The van der Waals surface area contributed by atoms with Crippen molar-refractivity contribution in [3.05, 3.63) is 77.2 Å². The van der Waals surface area contributed by atoms with Crippen molar-refractivity contribution in [3.63, 3.8) is 0 Å². The molecule has 72 heavy (non-hydrogen) atoms. The number of hydrogen-bond acceptors (Lipinski definition) is 12. The summed E-state index contributed by atoms with van der Waals surface area (Å²) in [5.74, 6) is -3.39. The normalized spacial score (nSPS) is 24.6. The van der Waals surface area contributed by atoms with E-state index in [1.54, 1.807) is 18.3 Å². The summed E-state index contributed by atoms with van der Waals surface area (Å²) in [7, 11) is 0. The number of aryl methyl sites for hydroxylation is 1. The Balaban J connectivity index is 0.657. The largest absolute Gasteiger partial charge is 0.508 e. The molecule has 5 aromatic rings. The number of phenols is 1. The number of halogens is 3. The molecule has 16 heteroatoms. The van der Waals surface area contributed by atoms with Gasteiger partial charge in [-0.1, -0.05) is 25.1 Å². The molecule has 0 radical (unpaired) electrons. The molecule has 3 aromatic carbocycles. The van der Waals surface area contributed by atoms with E-state index in [1.807, 2.05) is 18.2 Å². The number of nitrogens with zero attached hydrogens (tertiary/aromatic N) is 6. The number of aromatic hydroxyl groups is 1. The summed E-state index contributed by atoms with van der Waals surface area (Å²) in [5, 5.41) is 18.9. The van der Waals surface area contributed by atoms with Crippen LogP contribution >= 0.6 is 0 Å². The minimum Gasteiger partial charge on any atom is -0.508 e. The van der Waals surface area contributed by atoms with Crippen molar-refractivity contribution in [2.45, 2.75) is 133 Å². The van der Waals surface area contributed by atoms with Crippen molar-refractivity contribution in [1.29, 1.82) is 0 Å². The number of piperazine rings is 1. The van der Waals surface area contributed by atoms with Crippen molar-refractivity contribution in [3.8, 4) is 23.0 Å². The van der Waals surface area contributed by atoms with Crippen LogP contribution in [0.5, 0.6) is 11.8 Å². The number of ether oxygens (including phenoxy) is 2. The summed E-state index contributed by atoms with van der Waals surface area (Å²) >= 11 is 0. The molecule has 3 atom stereocenters. The Labute approximate surface area is 418 Å². The number of rotatable bonds is 12. The van der Waals surface area contributed by atoms with E-state index < -0.39 is 35.2 Å². The highest BCUT2D eigenvalue weighted by Crippen LogP contribution is 2.49. The van der Waals surface area contributed by atoms with Crippen LogP contribution in [0.3, 0.4) is 0 Å². The maximum Gasteiger partial charge on any atom is 0.319 e. The summed E-state index contributed by atoms with van der Waals surface area (Å²) < 4.78 is 61.2. The highest BCUT2D eigenvalue weighted by atomic mass is 19.1. The summed E-state index contributed by atoms with van der Waals surface area (Å²) in [6, 6.07) is 12.8. The number of carbonyl (C=O) groups excluding carboxylic acids is 2. The maximum atomic E-state index is 17.2. The average molecular weight is 987 g/mol. The second kappa shape index (κ2) is 19.0. The molecule has 13 nitrogen and oxygen atoms in total. The highest BCUT2D eigenvalue weighted by Gasteiger charge is 2.46. The van der Waals surface area contributed by atoms with E-state index in [-0.39, 0.29) is 64.4 Å². The molecule has 380 valence electrons. The van der Waals surface area contributed by atoms with Gasteiger partial charge in [-0.15, -0.1) is 0 Å². The van der Waals surface area contributed by atoms with Crippen molar-refractivity contribution >= 4 is 45.0 Å². The monoisotopic (exact) mass is 987 g/mol. The van der Waals surface area contributed by atoms with Gasteiger partial charge in [-0.25, -0.2) is 13.2 Å². The van der Waals surface area contributed by atoms with Crippen LogP contribution in [0.1, 0.15) is 114 Å². The first-order valence-corrected chi connectivity index (χ1v) is 26.6. The quantitative estimate of drug-likeness (QED) is 0.103. The van der Waals surface area contributed by atoms with Crippen LogP contribution in [0.2, 0.25) is 0 Å². The Hall–Kier alpha value is -5.58. The van der Waals surface area contributed by atoms with Gasteiger partial charge in [0.1, 0.15) is 34.4 Å². The van der Waals surface area contributed by atoms with Gasteiger partial charge in [0.25, 0.3) is 0 Å². The number of likely N-dealkylation sites (tertiary alicyclic amines) is 1. The number of fused-ring (bicyclic) bond motifs is 4. The van der Waals surface area contributed by atoms with Crippen LogP contribution in [-0.4, -0.2) is 113 Å². The lowest BCUT2D eigenvalue weighted by molar-refractivity contribution is -0.134. The van der Waals surface area contributed by atoms with E-state index in [4.69, 9.17) is 24.4 Å². The van der Waals surface area contributed by atoms with Crippen LogP contribution in [0, 0.1) is 28.3 Å². The van der Waals surface area contributed by atoms with Crippen LogP contribution in [-0.2, 0) is 20.7 Å². The number of carbonyl (C=O) groups is 2. The fraction of sp³-hybridized carbons (Fsp3) is 0.554. The molecule has 3 N–H and O–H groups in total. The Bertz CT molecular complexity index is 2870. The third kappa shape index (κ3) is 9.24. The molecule has 5 saturated heterocycles. The first-order valence-electron chi connectivity index (χ1n) is 26.6. The van der Waals surface area contributed by atoms with Crippen LogP contribution < -0.4 is 25.2 Å². The molecule has 3 unspecified atom stereocenters. The second-order valence-corrected chi connectivity index (χ2v) is 22.3. The first kappa shape index (κ1) is 47.4. The minimum atomic E-state index is -1.00. The van der Waals surface area contributed by atoms with Crippen molar-refractivity contribution in [2.75, 3.05) is 62.2 Å². The number of nitrogens with one attached hydrogen (secondary N) is 2. The van der Waals surface area contributed by atoms with E-state index in [9.17, 15) is 14.7 Å². The first-order chi connectivity index (χ1) is 34.9. The SMILES string of the molecule is CCc1cccc2cc(O)cc(-c3ncc4c(N5CC6CCC(C5)N6)nc(OCC5(CN6CCC(OC7CCC8(CC7)CCN(c7cc(F)c(C9CCC(=O)NC9=O)c(F)c7)CC8)CC6)CC5)nc4c3F)c12. The molecule has 12 rings (SSSR count). The number of benzene rings is 3. The fourth-order valence-corrected chi connectivity index (χ4v) is 13.3. The summed E-state index contributed by atoms with van der Waals surface area (Å²) in [5.41, 5.74) is 2.33. The maximum absolute atomic E-state index is 17.2. The third-order valence-electron chi connectivity index (χ3n) is 17.6. The lowest BCUT2D eigenvalue weighted by Gasteiger charge is -2.47. The van der Waals surface area contributed by atoms with Gasteiger partial charge in [0.2, 0.25) is 11.8 Å². The standard InChI is InChI=1S/C56H65F3N8O5/c1-2-33-4-3-5-34-24-38(68)27-42(47(33)34)50-49(59)51-43(28-60-50)52(67-29-35-6-7-36(30-67)61-35)64-54(63-51)71-32-56(16-17-56)31-65-20-12-40(13-21-65)72-39-10-14-55(15-11-39)18-22-66(23-19-55)37-25-44(57)48(45(58)26-37)41-8-9-46(69)62-53(41)70/h3-5,24-28,35-36,39-41,61,68H,2,6-23,29-32H2,1H3,(H,62,69,70). The zero-order valence-corrected chi connectivity index (χ0v) is 41.2. The molecule has 2 bridgehead atoms. The second-order valence-electron chi connectivity index (χ2n) is 22.3. The Morgan fingerprint density at radius 2 is 1.54 bits per heavy atom. The molecule has 2 aliphatic carbocycles. The minimum absolute atomic E-state index is 0.0197. The van der Waals surface area contributed by atoms with Gasteiger partial charge in [-0.2, -0.15) is 9.97 Å². The van der Waals surface area contributed by atoms with E-state index >= 15 is 13.2 Å². The Morgan fingerprint density at radius 1 is 0.819 bits per heavy atom. The summed E-state index contributed by atoms with van der Waals surface area (Å²) in [6.07, 6.45) is 15.4. The molecular formula is C56H65F3N8O5. The van der Waals surface area contributed by atoms with Gasteiger partial charge in [-0.05, 0) is 136 Å². The van der Waals surface area contributed by atoms with E-state index in [1.165, 1.54) is 12.1 Å². The van der Waals surface area contributed by atoms with Crippen molar-refractivity contribution in [1.82, 2.24) is 30.5 Å². The molecule has 7 fully saturated rings. The molecule has 7 aliphatic rings. The Morgan fingerprint density at radius 3 is 2.24 bits per heavy atom. The molecule has 7 heterocycles. The van der Waals surface area contributed by atoms with E-state index in [0.717, 1.165) is 146 Å². The number of aromatic nitrogens is 3. The topological polar surface area (TPSA) is 145 Å². The predicted octanol–water partition coefficient (Wildman–Crippen LogP) is 8.86. The van der Waals surface area contributed by atoms with Gasteiger partial charge in [0.15, 0.2) is 5.82 Å². The fourth-order valence-electron chi connectivity index (χ4n) is 13.3. The molecular weight excluding hydrogens is 922 g/mol. The number of amides is 2. The van der Waals surface area contributed by atoms with Crippen LogP contribution in [0.25, 0.3) is 32.9 Å². The lowest BCUT2D eigenvalue weighted by Crippen LogP contribution is -2.51. The van der Waals surface area contributed by atoms with E-state index in [2.05, 4.69) is 32.3 Å². The average Bonchev–Trinajstić information content (AvgIpc) is 4.06. The zero-order chi connectivity index (χ0) is 49.3. The number of phenolic OH excluding ortho intramolecular Hbond substituents is 1. The van der Waals surface area contributed by atoms with E-state index in [0.29, 0.717) is 41.1 Å². The van der Waals surface area contributed by atoms with Gasteiger partial charge in [0, 0.05) is 92.7 Å². The molecule has 2 amide bonds. The van der Waals surface area contributed by atoms with Crippen LogP contribution in [0.4, 0.5) is 24.7 Å². The predicted molar refractivity (Wildman–Crippen MR) is 269 cm³/mol.